The van der Waals surface area contributed by atoms with Gasteiger partial charge in [0.15, 0.2) is 0 Å². The molecule has 1 unspecified atom stereocenters. The van der Waals surface area contributed by atoms with E-state index >= 15 is 0 Å². The normalized spacial score (nSPS) is 16.3. The third kappa shape index (κ3) is 5.85. The molecule has 0 bridgehead atoms. The lowest BCUT2D eigenvalue weighted by molar-refractivity contribution is 0.102. The Hall–Kier alpha value is -1.81. The van der Waals surface area contributed by atoms with Crippen LogP contribution < -0.4 is 10.1 Å². The Labute approximate surface area is 179 Å². The van der Waals surface area contributed by atoms with Gasteiger partial charge in [0, 0.05) is 15.9 Å². The largest absolute Gasteiger partial charge is 0.494 e. The summed E-state index contributed by atoms with van der Waals surface area (Å²) in [5.41, 5.74) is 3.26. The fourth-order valence-electron chi connectivity index (χ4n) is 3.99. The van der Waals surface area contributed by atoms with Crippen molar-refractivity contribution in [3.63, 3.8) is 0 Å². The minimum Gasteiger partial charge on any atom is -0.494 e. The third-order valence-corrected chi connectivity index (χ3v) is 7.05. The molecule has 0 saturated carbocycles. The lowest BCUT2D eigenvalue weighted by atomic mass is 9.72. The highest BCUT2D eigenvalue weighted by molar-refractivity contribution is 7.10. The molecule has 3 nitrogen and oxygen atoms in total. The van der Waals surface area contributed by atoms with Crippen LogP contribution >= 0.6 is 11.3 Å². The lowest BCUT2D eigenvalue weighted by Gasteiger charge is -2.34. The molecule has 1 aromatic carbocycles. The standard InChI is InChI=1S/C25H35NO2S/c1-5-6-7-8-15-28-20-12-10-19(11-13-20)26-24(27)22-17-29-23-16-18(25(2,3)4)9-14-21(22)23/h10-13,17-18H,5-9,14-16H2,1-4H3,(H,26,27). The molecule has 1 aromatic heterocycles. The molecule has 158 valence electrons. The second-order valence-corrected chi connectivity index (χ2v) is 10.2. The number of amides is 1. The summed E-state index contributed by atoms with van der Waals surface area (Å²) in [6.45, 7) is 9.93. The molecule has 1 N–H and O–H groups in total. The topological polar surface area (TPSA) is 38.3 Å². The number of anilines is 1. The van der Waals surface area contributed by atoms with Gasteiger partial charge >= 0.3 is 0 Å². The molecule has 29 heavy (non-hydrogen) atoms. The van der Waals surface area contributed by atoms with Crippen molar-refractivity contribution >= 4 is 22.9 Å². The summed E-state index contributed by atoms with van der Waals surface area (Å²) in [5, 5.41) is 5.10. The van der Waals surface area contributed by atoms with Crippen LogP contribution in [0.2, 0.25) is 0 Å². The van der Waals surface area contributed by atoms with Gasteiger partial charge < -0.3 is 10.1 Å². The van der Waals surface area contributed by atoms with E-state index in [9.17, 15) is 4.79 Å². The summed E-state index contributed by atoms with van der Waals surface area (Å²) in [6.07, 6.45) is 8.07. The fraction of sp³-hybridized carbons (Fsp3) is 0.560. The molecule has 1 aliphatic carbocycles. The van der Waals surface area contributed by atoms with Gasteiger partial charge in [0.2, 0.25) is 0 Å². The molecular weight excluding hydrogens is 378 g/mol. The molecule has 0 spiro atoms. The van der Waals surface area contributed by atoms with Crippen molar-refractivity contribution < 1.29 is 9.53 Å². The van der Waals surface area contributed by atoms with Gasteiger partial charge in [-0.15, -0.1) is 11.3 Å². The van der Waals surface area contributed by atoms with Gasteiger partial charge in [-0.1, -0.05) is 47.0 Å². The van der Waals surface area contributed by atoms with E-state index in [0.29, 0.717) is 11.3 Å². The van der Waals surface area contributed by atoms with Crippen LogP contribution in [-0.4, -0.2) is 12.5 Å². The summed E-state index contributed by atoms with van der Waals surface area (Å²) >= 11 is 1.75. The highest BCUT2D eigenvalue weighted by Crippen LogP contribution is 2.40. The van der Waals surface area contributed by atoms with Crippen molar-refractivity contribution in [2.24, 2.45) is 11.3 Å². The van der Waals surface area contributed by atoms with Gasteiger partial charge in [0.05, 0.1) is 12.2 Å². The number of thiophene rings is 1. The molecule has 1 atom stereocenters. The summed E-state index contributed by atoms with van der Waals surface area (Å²) < 4.78 is 5.79. The first-order valence-electron chi connectivity index (χ1n) is 11.0. The number of nitrogens with one attached hydrogen (secondary N) is 1. The Morgan fingerprint density at radius 2 is 1.93 bits per heavy atom. The van der Waals surface area contributed by atoms with Crippen molar-refractivity contribution in [1.82, 2.24) is 0 Å². The molecule has 0 fully saturated rings. The number of unbranched alkanes of at least 4 members (excludes halogenated alkanes) is 3. The maximum atomic E-state index is 12.8. The molecule has 1 heterocycles. The number of rotatable bonds is 8. The number of hydrogen-bond donors (Lipinski definition) is 1. The van der Waals surface area contributed by atoms with E-state index in [0.717, 1.165) is 49.3 Å². The number of fused-ring (bicyclic) bond motifs is 1. The van der Waals surface area contributed by atoms with Gasteiger partial charge in [-0.05, 0) is 66.8 Å². The van der Waals surface area contributed by atoms with E-state index in [-0.39, 0.29) is 5.91 Å². The molecular formula is C25H35NO2S. The number of ether oxygens (including phenoxy) is 1. The van der Waals surface area contributed by atoms with Crippen molar-refractivity contribution in [3.8, 4) is 5.75 Å². The Kier molecular flexibility index (Phi) is 7.39. The monoisotopic (exact) mass is 413 g/mol. The maximum Gasteiger partial charge on any atom is 0.256 e. The van der Waals surface area contributed by atoms with E-state index in [2.05, 4.69) is 33.0 Å². The summed E-state index contributed by atoms with van der Waals surface area (Å²) in [5.74, 6) is 1.56. The van der Waals surface area contributed by atoms with E-state index in [1.165, 1.54) is 29.7 Å². The second kappa shape index (κ2) is 9.80. The smallest absolute Gasteiger partial charge is 0.256 e. The van der Waals surface area contributed by atoms with Gasteiger partial charge in [-0.2, -0.15) is 0 Å². The van der Waals surface area contributed by atoms with Gasteiger partial charge in [-0.3, -0.25) is 4.79 Å². The van der Waals surface area contributed by atoms with Gasteiger partial charge in [0.25, 0.3) is 5.91 Å². The maximum absolute atomic E-state index is 12.8. The Bertz CT molecular complexity index is 801. The first-order chi connectivity index (χ1) is 13.9. The zero-order valence-electron chi connectivity index (χ0n) is 18.3. The predicted octanol–water partition coefficient (Wildman–Crippen LogP) is 7.11. The van der Waals surface area contributed by atoms with Crippen LogP contribution in [0, 0.1) is 11.3 Å². The third-order valence-electron chi connectivity index (χ3n) is 6.00. The van der Waals surface area contributed by atoms with Crippen molar-refractivity contribution in [3.05, 3.63) is 45.6 Å². The van der Waals surface area contributed by atoms with Crippen molar-refractivity contribution in [2.45, 2.75) is 72.6 Å². The molecule has 1 aliphatic rings. The first kappa shape index (κ1) is 21.9. The average Bonchev–Trinajstić information content (AvgIpc) is 3.12. The highest BCUT2D eigenvalue weighted by Gasteiger charge is 2.31. The number of carbonyl (C=O) groups excluding carboxylic acids is 1. The highest BCUT2D eigenvalue weighted by atomic mass is 32.1. The molecule has 0 saturated heterocycles. The van der Waals surface area contributed by atoms with Crippen LogP contribution in [0.15, 0.2) is 29.6 Å². The van der Waals surface area contributed by atoms with Crippen LogP contribution in [0.4, 0.5) is 5.69 Å². The Morgan fingerprint density at radius 3 is 2.62 bits per heavy atom. The molecule has 4 heteroatoms. The van der Waals surface area contributed by atoms with E-state index < -0.39 is 0 Å². The van der Waals surface area contributed by atoms with Gasteiger partial charge in [0.1, 0.15) is 5.75 Å². The average molecular weight is 414 g/mol. The summed E-state index contributed by atoms with van der Waals surface area (Å²) in [6, 6.07) is 7.72. The molecule has 0 aliphatic heterocycles. The number of carbonyl (C=O) groups is 1. The van der Waals surface area contributed by atoms with E-state index in [4.69, 9.17) is 4.74 Å². The van der Waals surface area contributed by atoms with Gasteiger partial charge in [-0.25, -0.2) is 0 Å². The molecule has 0 radical (unpaired) electrons. The van der Waals surface area contributed by atoms with Crippen LogP contribution in [0.1, 0.15) is 80.6 Å². The zero-order valence-corrected chi connectivity index (χ0v) is 19.2. The van der Waals surface area contributed by atoms with E-state index in [1.54, 1.807) is 11.3 Å². The Balaban J connectivity index is 1.55. The number of hydrogen-bond acceptors (Lipinski definition) is 3. The number of benzene rings is 1. The zero-order chi connectivity index (χ0) is 20.9. The van der Waals surface area contributed by atoms with Crippen molar-refractivity contribution in [1.29, 1.82) is 0 Å². The van der Waals surface area contributed by atoms with Crippen LogP contribution in [0.25, 0.3) is 0 Å². The predicted molar refractivity (Wildman–Crippen MR) is 123 cm³/mol. The summed E-state index contributed by atoms with van der Waals surface area (Å²) in [7, 11) is 0. The van der Waals surface area contributed by atoms with Crippen molar-refractivity contribution in [2.75, 3.05) is 11.9 Å². The quantitative estimate of drug-likeness (QED) is 0.468. The lowest BCUT2D eigenvalue weighted by Crippen LogP contribution is -2.27. The molecule has 2 aromatic rings. The van der Waals surface area contributed by atoms with Crippen LogP contribution in [0.5, 0.6) is 5.75 Å². The molecule has 3 rings (SSSR count). The van der Waals surface area contributed by atoms with Crippen LogP contribution in [0.3, 0.4) is 0 Å². The Morgan fingerprint density at radius 1 is 1.17 bits per heavy atom. The SMILES string of the molecule is CCCCCCOc1ccc(NC(=O)c2csc3c2CCC(C(C)(C)C)C3)cc1. The van der Waals surface area contributed by atoms with Crippen LogP contribution in [-0.2, 0) is 12.8 Å². The minimum atomic E-state index is 0.00458. The fourth-order valence-corrected chi connectivity index (χ4v) is 5.15. The molecule has 1 amide bonds. The second-order valence-electron chi connectivity index (χ2n) is 9.24. The minimum absolute atomic E-state index is 0.00458. The summed E-state index contributed by atoms with van der Waals surface area (Å²) in [4.78, 5) is 14.2. The first-order valence-corrected chi connectivity index (χ1v) is 11.9. The van der Waals surface area contributed by atoms with E-state index in [1.807, 2.05) is 29.6 Å².